The van der Waals surface area contributed by atoms with Gasteiger partial charge in [-0.1, -0.05) is 50.2 Å². The van der Waals surface area contributed by atoms with Crippen molar-refractivity contribution in [2.24, 2.45) is 5.92 Å². The lowest BCUT2D eigenvalue weighted by Crippen LogP contribution is -2.45. The smallest absolute Gasteiger partial charge is 0.326 e. The largest absolute Gasteiger partial charge is 0.480 e. The first-order chi connectivity index (χ1) is 13.3. The third-order valence-corrected chi connectivity index (χ3v) is 4.47. The van der Waals surface area contributed by atoms with Crippen molar-refractivity contribution in [2.75, 3.05) is 6.54 Å². The maximum Gasteiger partial charge on any atom is 0.326 e. The molecule has 2 aromatic rings. The lowest BCUT2D eigenvalue weighted by Gasteiger charge is -2.19. The molecule has 2 rings (SSSR count). The van der Waals surface area contributed by atoms with Gasteiger partial charge < -0.3 is 20.8 Å². The van der Waals surface area contributed by atoms with Gasteiger partial charge in [0.25, 0.3) is 5.91 Å². The number of carboxylic acids is 2. The summed E-state index contributed by atoms with van der Waals surface area (Å²) < 4.78 is 0. The number of rotatable bonds is 10. The zero-order valence-corrected chi connectivity index (χ0v) is 16.0. The Hall–Kier alpha value is -2.93. The molecule has 150 valence electrons. The number of hydrogen-bond acceptors (Lipinski definition) is 4. The molecule has 0 bridgehead atoms. The quantitative estimate of drug-likeness (QED) is 0.499. The minimum atomic E-state index is -1.16. The standard InChI is InChI=1S/C21H26N2O5/c1-13(2)12-18(21(27)28)22-11-10-17(20(25)26)23-19(24)16-9-5-7-14-6-3-4-8-15(14)16/h3-9,13,17-18,22H,10-12H2,1-2H3,(H,23,24)(H,25,26)(H,27,28)/t17?,18-/m0/s1. The minimum absolute atomic E-state index is 0.0771. The molecule has 2 aromatic carbocycles. The van der Waals surface area contributed by atoms with Crippen LogP contribution in [0.4, 0.5) is 0 Å². The summed E-state index contributed by atoms with van der Waals surface area (Å²) >= 11 is 0. The Bertz CT molecular complexity index is 844. The molecule has 0 aliphatic carbocycles. The van der Waals surface area contributed by atoms with Crippen LogP contribution in [0.25, 0.3) is 10.8 Å². The lowest BCUT2D eigenvalue weighted by atomic mass is 10.0. The van der Waals surface area contributed by atoms with E-state index in [9.17, 15) is 24.6 Å². The van der Waals surface area contributed by atoms with Crippen LogP contribution < -0.4 is 10.6 Å². The minimum Gasteiger partial charge on any atom is -0.480 e. The second-order valence-electron chi connectivity index (χ2n) is 7.15. The zero-order chi connectivity index (χ0) is 20.7. The Morgan fingerprint density at radius 1 is 0.929 bits per heavy atom. The van der Waals surface area contributed by atoms with E-state index < -0.39 is 29.9 Å². The number of hydrogen-bond donors (Lipinski definition) is 4. The van der Waals surface area contributed by atoms with Crippen LogP contribution >= 0.6 is 0 Å². The predicted molar refractivity (Wildman–Crippen MR) is 106 cm³/mol. The average Bonchev–Trinajstić information content (AvgIpc) is 2.65. The van der Waals surface area contributed by atoms with Gasteiger partial charge in [0.1, 0.15) is 12.1 Å². The van der Waals surface area contributed by atoms with Gasteiger partial charge in [-0.25, -0.2) is 4.79 Å². The van der Waals surface area contributed by atoms with Gasteiger partial charge in [-0.3, -0.25) is 9.59 Å². The zero-order valence-electron chi connectivity index (χ0n) is 16.0. The molecular weight excluding hydrogens is 360 g/mol. The van der Waals surface area contributed by atoms with E-state index in [1.807, 2.05) is 44.2 Å². The van der Waals surface area contributed by atoms with E-state index >= 15 is 0 Å². The summed E-state index contributed by atoms with van der Waals surface area (Å²) in [5.41, 5.74) is 0.403. The molecule has 4 N–H and O–H groups in total. The Balaban J connectivity index is 2.03. The summed E-state index contributed by atoms with van der Waals surface area (Å²) in [5, 5.41) is 25.7. The van der Waals surface area contributed by atoms with Crippen LogP contribution in [0.1, 0.15) is 37.0 Å². The average molecular weight is 386 g/mol. The lowest BCUT2D eigenvalue weighted by molar-refractivity contribution is -0.140. The van der Waals surface area contributed by atoms with E-state index in [1.165, 1.54) is 0 Å². The molecular formula is C21H26N2O5. The summed E-state index contributed by atoms with van der Waals surface area (Å²) in [4.78, 5) is 35.5. The van der Waals surface area contributed by atoms with Gasteiger partial charge in [-0.05, 0) is 42.1 Å². The van der Waals surface area contributed by atoms with Crippen LogP contribution in [-0.2, 0) is 9.59 Å². The van der Waals surface area contributed by atoms with Crippen LogP contribution in [0, 0.1) is 5.92 Å². The van der Waals surface area contributed by atoms with Crippen molar-refractivity contribution in [1.29, 1.82) is 0 Å². The first-order valence-corrected chi connectivity index (χ1v) is 9.27. The third kappa shape index (κ3) is 5.79. The number of benzene rings is 2. The van der Waals surface area contributed by atoms with E-state index in [2.05, 4.69) is 10.6 Å². The van der Waals surface area contributed by atoms with Crippen molar-refractivity contribution in [3.05, 3.63) is 48.0 Å². The number of carbonyl (C=O) groups is 3. The second kappa shape index (κ2) is 9.85. The first kappa shape index (κ1) is 21.4. The summed E-state index contributed by atoms with van der Waals surface area (Å²) in [6, 6.07) is 10.8. The molecule has 7 nitrogen and oxygen atoms in total. The monoisotopic (exact) mass is 386 g/mol. The van der Waals surface area contributed by atoms with Crippen molar-refractivity contribution in [2.45, 2.75) is 38.8 Å². The number of carboxylic acid groups (broad SMARTS) is 2. The van der Waals surface area contributed by atoms with Crippen molar-refractivity contribution >= 4 is 28.6 Å². The van der Waals surface area contributed by atoms with E-state index in [0.29, 0.717) is 12.0 Å². The van der Waals surface area contributed by atoms with Crippen molar-refractivity contribution in [3.63, 3.8) is 0 Å². The summed E-state index contributed by atoms with van der Waals surface area (Å²) in [6.45, 7) is 4.00. The van der Waals surface area contributed by atoms with Crippen molar-refractivity contribution < 1.29 is 24.6 Å². The molecule has 28 heavy (non-hydrogen) atoms. The SMILES string of the molecule is CC(C)C[C@H](NCCC(NC(=O)c1cccc2ccccc12)C(=O)O)C(=O)O. The van der Waals surface area contributed by atoms with Crippen LogP contribution in [0.15, 0.2) is 42.5 Å². The number of amides is 1. The molecule has 0 saturated carbocycles. The highest BCUT2D eigenvalue weighted by Crippen LogP contribution is 2.18. The van der Waals surface area contributed by atoms with Crippen LogP contribution in [0.5, 0.6) is 0 Å². The van der Waals surface area contributed by atoms with Gasteiger partial charge >= 0.3 is 11.9 Å². The fraction of sp³-hybridized carbons (Fsp3) is 0.381. The normalized spacial score (nSPS) is 13.2. The summed E-state index contributed by atoms with van der Waals surface area (Å²) in [7, 11) is 0. The molecule has 0 aliphatic heterocycles. The van der Waals surface area contributed by atoms with Gasteiger partial charge in [-0.15, -0.1) is 0 Å². The van der Waals surface area contributed by atoms with Crippen molar-refractivity contribution in [3.8, 4) is 0 Å². The molecule has 0 fully saturated rings. The maximum absolute atomic E-state index is 12.6. The van der Waals surface area contributed by atoms with E-state index in [4.69, 9.17) is 0 Å². The summed E-state index contributed by atoms with van der Waals surface area (Å²) in [5.74, 6) is -2.41. The van der Waals surface area contributed by atoms with E-state index in [0.717, 1.165) is 10.8 Å². The molecule has 0 aliphatic rings. The second-order valence-corrected chi connectivity index (χ2v) is 7.15. The Morgan fingerprint density at radius 3 is 2.21 bits per heavy atom. The number of fused-ring (bicyclic) bond motifs is 1. The van der Waals surface area contributed by atoms with Crippen molar-refractivity contribution in [1.82, 2.24) is 10.6 Å². The van der Waals surface area contributed by atoms with Gasteiger partial charge in [-0.2, -0.15) is 0 Å². The molecule has 0 saturated heterocycles. The fourth-order valence-electron chi connectivity index (χ4n) is 3.06. The third-order valence-electron chi connectivity index (χ3n) is 4.47. The molecule has 0 heterocycles. The molecule has 0 radical (unpaired) electrons. The molecule has 1 unspecified atom stereocenters. The van der Waals surface area contributed by atoms with Gasteiger partial charge in [0.2, 0.25) is 0 Å². The molecule has 0 aromatic heterocycles. The topological polar surface area (TPSA) is 116 Å². The number of carbonyl (C=O) groups excluding carboxylic acids is 1. The van der Waals surface area contributed by atoms with E-state index in [-0.39, 0.29) is 18.9 Å². The molecule has 7 heteroatoms. The van der Waals surface area contributed by atoms with Gasteiger partial charge in [0.15, 0.2) is 0 Å². The van der Waals surface area contributed by atoms with Crippen LogP contribution in [-0.4, -0.2) is 46.7 Å². The van der Waals surface area contributed by atoms with Crippen LogP contribution in [0.2, 0.25) is 0 Å². The molecule has 2 atom stereocenters. The highest BCUT2D eigenvalue weighted by atomic mass is 16.4. The number of aliphatic carboxylic acids is 2. The maximum atomic E-state index is 12.6. The molecule has 0 spiro atoms. The molecule has 1 amide bonds. The van der Waals surface area contributed by atoms with Gasteiger partial charge in [0.05, 0.1) is 0 Å². The van der Waals surface area contributed by atoms with Gasteiger partial charge in [0, 0.05) is 5.56 Å². The Kier molecular flexibility index (Phi) is 7.52. The highest BCUT2D eigenvalue weighted by Gasteiger charge is 2.23. The summed E-state index contributed by atoms with van der Waals surface area (Å²) in [6.07, 6.45) is 0.517. The first-order valence-electron chi connectivity index (χ1n) is 9.27. The van der Waals surface area contributed by atoms with E-state index in [1.54, 1.807) is 12.1 Å². The van der Waals surface area contributed by atoms with Crippen LogP contribution in [0.3, 0.4) is 0 Å². The Morgan fingerprint density at radius 2 is 1.57 bits per heavy atom. The predicted octanol–water partition coefficient (Wildman–Crippen LogP) is 2.50. The number of nitrogens with one attached hydrogen (secondary N) is 2. The Labute approximate surface area is 163 Å². The fourth-order valence-corrected chi connectivity index (χ4v) is 3.06. The highest BCUT2D eigenvalue weighted by molar-refractivity contribution is 6.07.